The first-order chi connectivity index (χ1) is 9.78. The lowest BCUT2D eigenvalue weighted by Crippen LogP contribution is -2.53. The molecule has 1 aliphatic carbocycles. The van der Waals surface area contributed by atoms with Crippen molar-refractivity contribution in [3.63, 3.8) is 0 Å². The second kappa shape index (κ2) is 5.78. The first-order valence-electron chi connectivity index (χ1n) is 6.76. The van der Waals surface area contributed by atoms with Gasteiger partial charge in [-0.05, 0) is 43.7 Å². The molecule has 0 unspecified atom stereocenters. The summed E-state index contributed by atoms with van der Waals surface area (Å²) in [5.74, 6) is -1.28. The molecular formula is C13H19NO6S. The van der Waals surface area contributed by atoms with Crippen molar-refractivity contribution in [2.24, 2.45) is 5.92 Å². The Balaban J connectivity index is 2.20. The minimum atomic E-state index is -4.00. The molecule has 0 saturated heterocycles. The summed E-state index contributed by atoms with van der Waals surface area (Å²) >= 11 is 0. The quantitative estimate of drug-likeness (QED) is 0.751. The Kier molecular flexibility index (Phi) is 4.40. The molecule has 118 valence electrons. The molecule has 1 aromatic heterocycles. The van der Waals surface area contributed by atoms with E-state index in [0.717, 1.165) is 25.0 Å². The SMILES string of the molecule is CC1CCC(CO)(NS(=O)(=O)c2ccc(C(=O)O)o2)CC1. The number of hydrogen-bond donors (Lipinski definition) is 3. The van der Waals surface area contributed by atoms with Gasteiger partial charge in [-0.3, -0.25) is 0 Å². The van der Waals surface area contributed by atoms with E-state index < -0.39 is 32.4 Å². The van der Waals surface area contributed by atoms with Crippen molar-refractivity contribution in [2.45, 2.75) is 43.2 Å². The summed E-state index contributed by atoms with van der Waals surface area (Å²) in [6, 6.07) is 2.19. The van der Waals surface area contributed by atoms with Crippen LogP contribution < -0.4 is 4.72 Å². The van der Waals surface area contributed by atoms with E-state index in [-0.39, 0.29) is 6.61 Å². The maximum absolute atomic E-state index is 12.3. The lowest BCUT2D eigenvalue weighted by Gasteiger charge is -2.38. The summed E-state index contributed by atoms with van der Waals surface area (Å²) < 4.78 is 31.9. The minimum Gasteiger partial charge on any atom is -0.475 e. The lowest BCUT2D eigenvalue weighted by atomic mass is 9.78. The van der Waals surface area contributed by atoms with Gasteiger partial charge in [0, 0.05) is 0 Å². The third-order valence-corrected chi connectivity index (χ3v) is 5.39. The molecule has 0 bridgehead atoms. The Morgan fingerprint density at radius 1 is 1.43 bits per heavy atom. The van der Waals surface area contributed by atoms with Crippen molar-refractivity contribution in [2.75, 3.05) is 6.61 Å². The average molecular weight is 317 g/mol. The molecule has 0 aromatic carbocycles. The molecule has 1 heterocycles. The Morgan fingerprint density at radius 3 is 2.52 bits per heavy atom. The topological polar surface area (TPSA) is 117 Å². The summed E-state index contributed by atoms with van der Waals surface area (Å²) in [6.45, 7) is 1.78. The number of nitrogens with one attached hydrogen (secondary N) is 1. The molecule has 7 nitrogen and oxygen atoms in total. The highest BCUT2D eigenvalue weighted by Crippen LogP contribution is 2.33. The zero-order valence-electron chi connectivity index (χ0n) is 11.7. The maximum atomic E-state index is 12.3. The van der Waals surface area contributed by atoms with E-state index >= 15 is 0 Å². The molecule has 1 saturated carbocycles. The van der Waals surface area contributed by atoms with Gasteiger partial charge in [0.25, 0.3) is 10.0 Å². The van der Waals surface area contributed by atoms with Crippen molar-refractivity contribution in [3.05, 3.63) is 17.9 Å². The van der Waals surface area contributed by atoms with Gasteiger partial charge in [0.2, 0.25) is 10.9 Å². The molecule has 1 aliphatic rings. The molecular weight excluding hydrogens is 298 g/mol. The fourth-order valence-electron chi connectivity index (χ4n) is 2.52. The van der Waals surface area contributed by atoms with E-state index in [1.54, 1.807) is 0 Å². The highest BCUT2D eigenvalue weighted by molar-refractivity contribution is 7.89. The average Bonchev–Trinajstić information content (AvgIpc) is 2.92. The minimum absolute atomic E-state index is 0.300. The van der Waals surface area contributed by atoms with Crippen LogP contribution in [0.3, 0.4) is 0 Å². The standard InChI is InChI=1S/C13H19NO6S/c1-9-4-6-13(8-15,7-5-9)14-21(18,19)11-3-2-10(20-11)12(16)17/h2-3,9,14-15H,4-8H2,1H3,(H,16,17). The molecule has 1 fully saturated rings. The number of aliphatic hydroxyl groups excluding tert-OH is 1. The van der Waals surface area contributed by atoms with Crippen LogP contribution in [0, 0.1) is 5.92 Å². The van der Waals surface area contributed by atoms with Crippen LogP contribution in [0.15, 0.2) is 21.6 Å². The van der Waals surface area contributed by atoms with E-state index in [2.05, 4.69) is 11.6 Å². The molecule has 21 heavy (non-hydrogen) atoms. The maximum Gasteiger partial charge on any atom is 0.371 e. The van der Waals surface area contributed by atoms with E-state index in [0.29, 0.717) is 18.8 Å². The van der Waals surface area contributed by atoms with Crippen molar-refractivity contribution >= 4 is 16.0 Å². The van der Waals surface area contributed by atoms with Crippen molar-refractivity contribution < 1.29 is 27.8 Å². The number of hydrogen-bond acceptors (Lipinski definition) is 5. The predicted octanol–water partition coefficient (Wildman–Crippen LogP) is 1.20. The van der Waals surface area contributed by atoms with Gasteiger partial charge in [0.15, 0.2) is 0 Å². The molecule has 2 rings (SSSR count). The Hall–Kier alpha value is -1.38. The zero-order valence-corrected chi connectivity index (χ0v) is 12.5. The number of carboxylic acids is 1. The van der Waals surface area contributed by atoms with Crippen LogP contribution in [-0.2, 0) is 10.0 Å². The molecule has 0 spiro atoms. The van der Waals surface area contributed by atoms with Crippen LogP contribution in [0.4, 0.5) is 0 Å². The second-order valence-electron chi connectivity index (χ2n) is 5.65. The van der Waals surface area contributed by atoms with Gasteiger partial charge in [-0.2, -0.15) is 0 Å². The molecule has 0 amide bonds. The van der Waals surface area contributed by atoms with E-state index in [4.69, 9.17) is 9.52 Å². The predicted molar refractivity (Wildman–Crippen MR) is 73.4 cm³/mol. The van der Waals surface area contributed by atoms with Gasteiger partial charge in [0.1, 0.15) is 0 Å². The van der Waals surface area contributed by atoms with Crippen molar-refractivity contribution in [1.29, 1.82) is 0 Å². The van der Waals surface area contributed by atoms with Crippen molar-refractivity contribution in [1.82, 2.24) is 4.72 Å². The van der Waals surface area contributed by atoms with Gasteiger partial charge in [0.05, 0.1) is 12.1 Å². The van der Waals surface area contributed by atoms with Crippen LogP contribution in [0.5, 0.6) is 0 Å². The molecule has 8 heteroatoms. The first kappa shape index (κ1) is 16.0. The molecule has 3 N–H and O–H groups in total. The van der Waals surface area contributed by atoms with Gasteiger partial charge in [-0.1, -0.05) is 6.92 Å². The zero-order chi connectivity index (χ0) is 15.7. The third-order valence-electron chi connectivity index (χ3n) is 3.94. The summed E-state index contributed by atoms with van der Waals surface area (Å²) in [5, 5.41) is 17.9. The molecule has 1 aromatic rings. The molecule has 0 aliphatic heterocycles. The Labute approximate surface area is 123 Å². The number of rotatable bonds is 5. The van der Waals surface area contributed by atoms with Gasteiger partial charge < -0.3 is 14.6 Å². The number of furan rings is 1. The number of carboxylic acid groups (broad SMARTS) is 1. The second-order valence-corrected chi connectivity index (χ2v) is 7.26. The smallest absolute Gasteiger partial charge is 0.371 e. The van der Waals surface area contributed by atoms with Gasteiger partial charge in [-0.15, -0.1) is 0 Å². The third kappa shape index (κ3) is 3.45. The normalized spacial score (nSPS) is 26.7. The summed E-state index contributed by atoms with van der Waals surface area (Å²) in [4.78, 5) is 10.7. The summed E-state index contributed by atoms with van der Waals surface area (Å²) in [5.41, 5.74) is -0.901. The number of aliphatic hydroxyl groups is 1. The Bertz CT molecular complexity index is 612. The lowest BCUT2D eigenvalue weighted by molar-refractivity contribution is 0.0656. The van der Waals surface area contributed by atoms with Gasteiger partial charge >= 0.3 is 5.97 Å². The van der Waals surface area contributed by atoms with E-state index in [9.17, 15) is 18.3 Å². The highest BCUT2D eigenvalue weighted by atomic mass is 32.2. The van der Waals surface area contributed by atoms with E-state index in [1.807, 2.05) is 0 Å². The van der Waals surface area contributed by atoms with E-state index in [1.165, 1.54) is 0 Å². The summed E-state index contributed by atoms with van der Waals surface area (Å²) in [6.07, 6.45) is 2.72. The van der Waals surface area contributed by atoms with Gasteiger partial charge in [-0.25, -0.2) is 17.9 Å². The summed E-state index contributed by atoms with van der Waals surface area (Å²) in [7, 11) is -4.00. The fraction of sp³-hybridized carbons (Fsp3) is 0.615. The monoisotopic (exact) mass is 317 g/mol. The van der Waals surface area contributed by atoms with Crippen LogP contribution in [0.25, 0.3) is 0 Å². The first-order valence-corrected chi connectivity index (χ1v) is 8.24. The van der Waals surface area contributed by atoms with Crippen LogP contribution in [0.1, 0.15) is 43.2 Å². The molecule has 0 atom stereocenters. The largest absolute Gasteiger partial charge is 0.475 e. The van der Waals surface area contributed by atoms with Crippen molar-refractivity contribution in [3.8, 4) is 0 Å². The van der Waals surface area contributed by atoms with Crippen LogP contribution in [0.2, 0.25) is 0 Å². The Morgan fingerprint density at radius 2 is 2.05 bits per heavy atom. The fourth-order valence-corrected chi connectivity index (χ4v) is 3.91. The molecule has 0 radical (unpaired) electrons. The van der Waals surface area contributed by atoms with Crippen LogP contribution in [-0.4, -0.2) is 36.7 Å². The number of aromatic carboxylic acids is 1. The highest BCUT2D eigenvalue weighted by Gasteiger charge is 2.38. The van der Waals surface area contributed by atoms with Crippen LogP contribution >= 0.6 is 0 Å². The number of sulfonamides is 1. The number of carbonyl (C=O) groups is 1.